The highest BCUT2D eigenvalue weighted by Crippen LogP contribution is 2.20. The number of para-hydroxylation sites is 1. The molecule has 0 amide bonds. The van der Waals surface area contributed by atoms with Crippen LogP contribution in [0, 0.1) is 5.82 Å². The lowest BCUT2D eigenvalue weighted by molar-refractivity contribution is 0.621. The van der Waals surface area contributed by atoms with Crippen LogP contribution in [0.2, 0.25) is 0 Å². The lowest BCUT2D eigenvalue weighted by atomic mass is 10.3. The Morgan fingerprint density at radius 2 is 2.17 bits per heavy atom. The smallest absolute Gasteiger partial charge is 0.146 e. The maximum atomic E-state index is 13.6. The Bertz CT molecular complexity index is 512. The number of thiazole rings is 1. The molecule has 0 saturated heterocycles. The van der Waals surface area contributed by atoms with Crippen molar-refractivity contribution in [2.75, 3.05) is 19.0 Å². The van der Waals surface area contributed by atoms with E-state index in [1.165, 1.54) is 6.07 Å². The maximum Gasteiger partial charge on any atom is 0.146 e. The minimum Gasteiger partial charge on any atom is -0.366 e. The molecule has 2 rings (SSSR count). The SMILES string of the molecule is CNCc1nc(CN(C)c2ccccc2F)cs1. The van der Waals surface area contributed by atoms with Crippen LogP contribution in [-0.2, 0) is 13.1 Å². The summed E-state index contributed by atoms with van der Waals surface area (Å²) in [5.41, 5.74) is 1.57. The van der Waals surface area contributed by atoms with Crippen LogP contribution in [-0.4, -0.2) is 19.1 Å². The Kier molecular flexibility index (Phi) is 4.28. The van der Waals surface area contributed by atoms with Crippen molar-refractivity contribution in [1.82, 2.24) is 10.3 Å². The van der Waals surface area contributed by atoms with E-state index in [1.807, 2.05) is 30.4 Å². The summed E-state index contributed by atoms with van der Waals surface area (Å²) in [6.07, 6.45) is 0. The molecule has 0 saturated carbocycles. The second-order valence-corrected chi connectivity index (χ2v) is 5.01. The summed E-state index contributed by atoms with van der Waals surface area (Å²) in [6.45, 7) is 1.38. The zero-order chi connectivity index (χ0) is 13.0. The second kappa shape index (κ2) is 5.93. The molecule has 0 aliphatic heterocycles. The van der Waals surface area contributed by atoms with Crippen LogP contribution in [0.25, 0.3) is 0 Å². The first-order chi connectivity index (χ1) is 8.70. The lowest BCUT2D eigenvalue weighted by Crippen LogP contribution is -2.18. The molecule has 18 heavy (non-hydrogen) atoms. The number of nitrogens with one attached hydrogen (secondary N) is 1. The topological polar surface area (TPSA) is 28.2 Å². The van der Waals surface area contributed by atoms with Crippen molar-refractivity contribution >= 4 is 17.0 Å². The summed E-state index contributed by atoms with van der Waals surface area (Å²) in [5.74, 6) is -0.203. The molecule has 0 bridgehead atoms. The van der Waals surface area contributed by atoms with Crippen molar-refractivity contribution in [3.63, 3.8) is 0 Å². The first-order valence-electron chi connectivity index (χ1n) is 5.74. The zero-order valence-corrected chi connectivity index (χ0v) is 11.3. The molecular formula is C13H16FN3S. The summed E-state index contributed by atoms with van der Waals surface area (Å²) in [5, 5.41) is 6.13. The highest BCUT2D eigenvalue weighted by Gasteiger charge is 2.09. The fraction of sp³-hybridized carbons (Fsp3) is 0.308. The number of hydrogen-bond donors (Lipinski definition) is 1. The Morgan fingerprint density at radius 1 is 1.39 bits per heavy atom. The van der Waals surface area contributed by atoms with E-state index in [-0.39, 0.29) is 5.82 Å². The van der Waals surface area contributed by atoms with Gasteiger partial charge in [0, 0.05) is 19.0 Å². The van der Waals surface area contributed by atoms with Gasteiger partial charge in [-0.2, -0.15) is 0 Å². The molecule has 0 aliphatic rings. The van der Waals surface area contributed by atoms with Gasteiger partial charge in [0.2, 0.25) is 0 Å². The van der Waals surface area contributed by atoms with Gasteiger partial charge in [0.1, 0.15) is 10.8 Å². The summed E-state index contributed by atoms with van der Waals surface area (Å²) < 4.78 is 13.6. The second-order valence-electron chi connectivity index (χ2n) is 4.07. The highest BCUT2D eigenvalue weighted by atomic mass is 32.1. The Labute approximate surface area is 110 Å². The molecule has 1 N–H and O–H groups in total. The molecule has 0 radical (unpaired) electrons. The number of anilines is 1. The average Bonchev–Trinajstić information content (AvgIpc) is 2.77. The van der Waals surface area contributed by atoms with Crippen LogP contribution >= 0.6 is 11.3 Å². The van der Waals surface area contributed by atoms with E-state index in [2.05, 4.69) is 10.3 Å². The van der Waals surface area contributed by atoms with Crippen LogP contribution < -0.4 is 10.2 Å². The largest absolute Gasteiger partial charge is 0.366 e. The third-order valence-corrected chi connectivity index (χ3v) is 3.49. The van der Waals surface area contributed by atoms with E-state index >= 15 is 0 Å². The number of aromatic nitrogens is 1. The van der Waals surface area contributed by atoms with Crippen molar-refractivity contribution in [3.05, 3.63) is 46.2 Å². The van der Waals surface area contributed by atoms with Gasteiger partial charge >= 0.3 is 0 Å². The van der Waals surface area contributed by atoms with Gasteiger partial charge in [0.05, 0.1) is 17.9 Å². The first-order valence-corrected chi connectivity index (χ1v) is 6.62. The number of halogens is 1. The molecule has 96 valence electrons. The van der Waals surface area contributed by atoms with Crippen LogP contribution in [0.5, 0.6) is 0 Å². The van der Waals surface area contributed by atoms with E-state index in [0.717, 1.165) is 17.2 Å². The standard InChI is InChI=1S/C13H16FN3S/c1-15-7-13-16-10(9-18-13)8-17(2)12-6-4-3-5-11(12)14/h3-6,9,15H,7-8H2,1-2H3. The first kappa shape index (κ1) is 13.0. The van der Waals surface area contributed by atoms with Gasteiger partial charge < -0.3 is 10.2 Å². The minimum absolute atomic E-state index is 0.203. The van der Waals surface area contributed by atoms with E-state index in [9.17, 15) is 4.39 Å². The Balaban J connectivity index is 2.06. The van der Waals surface area contributed by atoms with Gasteiger partial charge in [0.25, 0.3) is 0 Å². The van der Waals surface area contributed by atoms with Gasteiger partial charge in [-0.25, -0.2) is 9.37 Å². The van der Waals surface area contributed by atoms with Gasteiger partial charge in [0.15, 0.2) is 0 Å². The van der Waals surface area contributed by atoms with Crippen LogP contribution in [0.15, 0.2) is 29.6 Å². The summed E-state index contributed by atoms with van der Waals surface area (Å²) in [4.78, 5) is 6.36. The summed E-state index contributed by atoms with van der Waals surface area (Å²) in [7, 11) is 3.77. The number of nitrogens with zero attached hydrogens (tertiary/aromatic N) is 2. The van der Waals surface area contributed by atoms with Crippen molar-refractivity contribution in [3.8, 4) is 0 Å². The Morgan fingerprint density at radius 3 is 2.89 bits per heavy atom. The van der Waals surface area contributed by atoms with Gasteiger partial charge in [-0.05, 0) is 19.2 Å². The molecule has 1 aromatic carbocycles. The molecule has 1 aromatic heterocycles. The van der Waals surface area contributed by atoms with Crippen LogP contribution in [0.4, 0.5) is 10.1 Å². The highest BCUT2D eigenvalue weighted by molar-refractivity contribution is 7.09. The average molecular weight is 265 g/mol. The third-order valence-electron chi connectivity index (χ3n) is 2.59. The predicted octanol–water partition coefficient (Wildman–Crippen LogP) is 2.64. The minimum atomic E-state index is -0.203. The zero-order valence-electron chi connectivity index (χ0n) is 10.5. The van der Waals surface area contributed by atoms with Gasteiger partial charge in [-0.1, -0.05) is 12.1 Å². The molecule has 0 atom stereocenters. The molecule has 0 unspecified atom stereocenters. The van der Waals surface area contributed by atoms with Crippen LogP contribution in [0.3, 0.4) is 0 Å². The van der Waals surface area contributed by atoms with E-state index in [4.69, 9.17) is 0 Å². The monoisotopic (exact) mass is 265 g/mol. The van der Waals surface area contributed by atoms with Crippen molar-refractivity contribution in [2.45, 2.75) is 13.1 Å². The molecule has 1 heterocycles. The number of hydrogen-bond acceptors (Lipinski definition) is 4. The fourth-order valence-corrected chi connectivity index (χ4v) is 2.54. The summed E-state index contributed by atoms with van der Waals surface area (Å²) >= 11 is 1.62. The molecular weight excluding hydrogens is 249 g/mol. The number of benzene rings is 1. The van der Waals surface area contributed by atoms with Crippen molar-refractivity contribution in [2.24, 2.45) is 0 Å². The normalized spacial score (nSPS) is 10.6. The lowest BCUT2D eigenvalue weighted by Gasteiger charge is -2.18. The van der Waals surface area contributed by atoms with Crippen LogP contribution in [0.1, 0.15) is 10.7 Å². The molecule has 3 nitrogen and oxygen atoms in total. The Hall–Kier alpha value is -1.46. The van der Waals surface area contributed by atoms with Crippen molar-refractivity contribution in [1.29, 1.82) is 0 Å². The predicted molar refractivity (Wildman–Crippen MR) is 73.4 cm³/mol. The van der Waals surface area contributed by atoms with E-state index in [0.29, 0.717) is 12.2 Å². The van der Waals surface area contributed by atoms with Gasteiger partial charge in [-0.3, -0.25) is 0 Å². The molecule has 0 aliphatic carbocycles. The number of rotatable bonds is 5. The quantitative estimate of drug-likeness (QED) is 0.901. The molecule has 5 heteroatoms. The fourth-order valence-electron chi connectivity index (χ4n) is 1.74. The van der Waals surface area contributed by atoms with E-state index in [1.54, 1.807) is 23.5 Å². The third kappa shape index (κ3) is 3.05. The molecule has 2 aromatic rings. The maximum absolute atomic E-state index is 13.6. The van der Waals surface area contributed by atoms with E-state index < -0.39 is 0 Å². The molecule has 0 spiro atoms. The molecule has 0 fully saturated rings. The van der Waals surface area contributed by atoms with Gasteiger partial charge in [-0.15, -0.1) is 11.3 Å². The van der Waals surface area contributed by atoms with Crippen molar-refractivity contribution < 1.29 is 4.39 Å². The summed E-state index contributed by atoms with van der Waals surface area (Å²) in [6, 6.07) is 6.78.